The Bertz CT molecular complexity index is 645. The third kappa shape index (κ3) is 6.01. The summed E-state index contributed by atoms with van der Waals surface area (Å²) >= 11 is 0. The Labute approximate surface area is 168 Å². The van der Waals surface area contributed by atoms with Gasteiger partial charge in [0.05, 0.1) is 6.10 Å². The largest absolute Gasteiger partial charge is 0.486 e. The van der Waals surface area contributed by atoms with Gasteiger partial charge in [0, 0.05) is 39.8 Å². The third-order valence-electron chi connectivity index (χ3n) is 5.17. The first kappa shape index (κ1) is 20.7. The lowest BCUT2D eigenvalue weighted by Gasteiger charge is -2.29. The summed E-state index contributed by atoms with van der Waals surface area (Å²) in [4.78, 5) is 9.37. The number of hydrogen-bond acceptors (Lipinski definition) is 5. The number of aliphatic hydroxyl groups excluding tert-OH is 1. The standard InChI is InChI=1S/C21H34N4O3/c1-3-22-21(23-9-4-10-25-11-7-18(26)8-12-25)24(2)16-17-5-6-19-20(15-17)28-14-13-27-19/h5-6,15,18,26H,3-4,7-14,16H2,1-2H3,(H,22,23). The molecule has 1 aromatic rings. The summed E-state index contributed by atoms with van der Waals surface area (Å²) in [6, 6.07) is 6.12. The molecular formula is C21H34N4O3. The zero-order chi connectivity index (χ0) is 19.8. The van der Waals surface area contributed by atoms with Gasteiger partial charge in [0.25, 0.3) is 0 Å². The SMILES string of the molecule is CCNC(=NCCCN1CCC(O)CC1)N(C)Cc1ccc2c(c1)OCCO2. The van der Waals surface area contributed by atoms with Crippen LogP contribution in [0.2, 0.25) is 0 Å². The maximum atomic E-state index is 9.60. The number of rotatable bonds is 7. The van der Waals surface area contributed by atoms with Crippen LogP contribution in [-0.2, 0) is 6.54 Å². The molecule has 0 unspecified atom stereocenters. The molecule has 0 radical (unpaired) electrons. The lowest BCUT2D eigenvalue weighted by Crippen LogP contribution is -2.39. The predicted octanol–water partition coefficient (Wildman–Crippen LogP) is 1.70. The van der Waals surface area contributed by atoms with E-state index in [0.717, 1.165) is 76.0 Å². The van der Waals surface area contributed by atoms with Gasteiger partial charge in [-0.25, -0.2) is 0 Å². The molecule has 0 aliphatic carbocycles. The van der Waals surface area contributed by atoms with Gasteiger partial charge in [0.2, 0.25) is 0 Å². The van der Waals surface area contributed by atoms with Crippen LogP contribution in [0.1, 0.15) is 31.7 Å². The van der Waals surface area contributed by atoms with E-state index in [0.29, 0.717) is 13.2 Å². The van der Waals surface area contributed by atoms with Crippen LogP contribution in [0.5, 0.6) is 11.5 Å². The van der Waals surface area contributed by atoms with Crippen molar-refractivity contribution in [2.24, 2.45) is 4.99 Å². The summed E-state index contributed by atoms with van der Waals surface area (Å²) in [5.74, 6) is 2.57. The molecule has 1 aromatic carbocycles. The number of aliphatic imine (C=N–C) groups is 1. The van der Waals surface area contributed by atoms with E-state index in [1.807, 2.05) is 6.07 Å². The molecule has 2 heterocycles. The van der Waals surface area contributed by atoms with Crippen molar-refractivity contribution in [3.63, 3.8) is 0 Å². The van der Waals surface area contributed by atoms with E-state index >= 15 is 0 Å². The number of piperidine rings is 1. The second-order valence-electron chi connectivity index (χ2n) is 7.50. The van der Waals surface area contributed by atoms with Gasteiger partial charge in [0.1, 0.15) is 13.2 Å². The molecule has 1 fully saturated rings. The van der Waals surface area contributed by atoms with Crippen LogP contribution in [0.3, 0.4) is 0 Å². The first-order valence-corrected chi connectivity index (χ1v) is 10.4. The van der Waals surface area contributed by atoms with E-state index in [4.69, 9.17) is 14.5 Å². The molecule has 0 saturated carbocycles. The van der Waals surface area contributed by atoms with Gasteiger partial charge in [-0.05, 0) is 50.4 Å². The number of hydrogen-bond donors (Lipinski definition) is 2. The van der Waals surface area contributed by atoms with E-state index in [1.165, 1.54) is 5.56 Å². The zero-order valence-corrected chi connectivity index (χ0v) is 17.2. The lowest BCUT2D eigenvalue weighted by atomic mass is 10.1. The second kappa shape index (κ2) is 10.5. The minimum atomic E-state index is -0.108. The van der Waals surface area contributed by atoms with Gasteiger partial charge in [-0.15, -0.1) is 0 Å². The molecule has 2 aliphatic heterocycles. The van der Waals surface area contributed by atoms with Crippen LogP contribution in [0.4, 0.5) is 0 Å². The van der Waals surface area contributed by atoms with E-state index in [-0.39, 0.29) is 6.10 Å². The van der Waals surface area contributed by atoms with Gasteiger partial charge >= 0.3 is 0 Å². The number of aliphatic hydroxyl groups is 1. The van der Waals surface area contributed by atoms with Crippen molar-refractivity contribution < 1.29 is 14.6 Å². The molecule has 28 heavy (non-hydrogen) atoms. The topological polar surface area (TPSA) is 69.6 Å². The molecule has 0 bridgehead atoms. The number of nitrogens with zero attached hydrogens (tertiary/aromatic N) is 3. The normalized spacial score (nSPS) is 18.2. The highest BCUT2D eigenvalue weighted by Crippen LogP contribution is 2.31. The second-order valence-corrected chi connectivity index (χ2v) is 7.50. The highest BCUT2D eigenvalue weighted by molar-refractivity contribution is 5.79. The quantitative estimate of drug-likeness (QED) is 0.420. The third-order valence-corrected chi connectivity index (χ3v) is 5.17. The Morgan fingerprint density at radius 1 is 1.25 bits per heavy atom. The van der Waals surface area contributed by atoms with Crippen LogP contribution < -0.4 is 14.8 Å². The van der Waals surface area contributed by atoms with Gasteiger partial charge in [-0.3, -0.25) is 4.99 Å². The highest BCUT2D eigenvalue weighted by atomic mass is 16.6. The van der Waals surface area contributed by atoms with Crippen LogP contribution in [0.25, 0.3) is 0 Å². The summed E-state index contributed by atoms with van der Waals surface area (Å²) in [7, 11) is 2.06. The van der Waals surface area contributed by atoms with E-state index in [9.17, 15) is 5.11 Å². The average molecular weight is 391 g/mol. The average Bonchev–Trinajstić information content (AvgIpc) is 2.71. The van der Waals surface area contributed by atoms with E-state index in [2.05, 4.69) is 41.2 Å². The minimum absolute atomic E-state index is 0.108. The number of likely N-dealkylation sites (tertiary alicyclic amines) is 1. The number of benzene rings is 1. The van der Waals surface area contributed by atoms with E-state index < -0.39 is 0 Å². The first-order chi connectivity index (χ1) is 13.7. The highest BCUT2D eigenvalue weighted by Gasteiger charge is 2.16. The van der Waals surface area contributed by atoms with Crippen LogP contribution in [-0.4, -0.2) is 80.0 Å². The van der Waals surface area contributed by atoms with Gasteiger partial charge in [-0.2, -0.15) is 0 Å². The molecule has 156 valence electrons. The Morgan fingerprint density at radius 3 is 2.75 bits per heavy atom. The molecule has 0 spiro atoms. The number of ether oxygens (including phenoxy) is 2. The minimum Gasteiger partial charge on any atom is -0.486 e. The van der Waals surface area contributed by atoms with Crippen molar-refractivity contribution >= 4 is 5.96 Å². The van der Waals surface area contributed by atoms with Gasteiger partial charge in [-0.1, -0.05) is 6.07 Å². The molecule has 2 aliphatic rings. The summed E-state index contributed by atoms with van der Waals surface area (Å²) in [5.41, 5.74) is 1.17. The van der Waals surface area contributed by atoms with Crippen LogP contribution >= 0.6 is 0 Å². The summed E-state index contributed by atoms with van der Waals surface area (Å²) in [6.07, 6.45) is 2.71. The van der Waals surface area contributed by atoms with E-state index in [1.54, 1.807) is 0 Å². The van der Waals surface area contributed by atoms with Crippen molar-refractivity contribution in [1.82, 2.24) is 15.1 Å². The first-order valence-electron chi connectivity index (χ1n) is 10.4. The fourth-order valence-corrected chi connectivity index (χ4v) is 3.63. The molecule has 1 saturated heterocycles. The predicted molar refractivity (Wildman–Crippen MR) is 111 cm³/mol. The number of guanidine groups is 1. The maximum Gasteiger partial charge on any atom is 0.193 e. The monoisotopic (exact) mass is 390 g/mol. The lowest BCUT2D eigenvalue weighted by molar-refractivity contribution is 0.0824. The summed E-state index contributed by atoms with van der Waals surface area (Å²) in [5, 5.41) is 13.0. The van der Waals surface area contributed by atoms with Crippen LogP contribution in [0, 0.1) is 0 Å². The molecule has 0 aromatic heterocycles. The van der Waals surface area contributed by atoms with Crippen molar-refractivity contribution in [1.29, 1.82) is 0 Å². The molecule has 0 atom stereocenters. The Morgan fingerprint density at radius 2 is 2.00 bits per heavy atom. The summed E-state index contributed by atoms with van der Waals surface area (Å²) in [6.45, 7) is 8.74. The summed E-state index contributed by atoms with van der Waals surface area (Å²) < 4.78 is 11.3. The molecule has 7 nitrogen and oxygen atoms in total. The van der Waals surface area contributed by atoms with Crippen molar-refractivity contribution in [3.05, 3.63) is 23.8 Å². The fraction of sp³-hybridized carbons (Fsp3) is 0.667. The van der Waals surface area contributed by atoms with Gasteiger partial charge in [0.15, 0.2) is 17.5 Å². The Balaban J connectivity index is 1.50. The molecule has 0 amide bonds. The number of fused-ring (bicyclic) bond motifs is 1. The fourth-order valence-electron chi connectivity index (χ4n) is 3.63. The zero-order valence-electron chi connectivity index (χ0n) is 17.2. The Kier molecular flexibility index (Phi) is 7.80. The Hall–Kier alpha value is -1.99. The van der Waals surface area contributed by atoms with Gasteiger partial charge < -0.3 is 29.7 Å². The van der Waals surface area contributed by atoms with Crippen LogP contribution in [0.15, 0.2) is 23.2 Å². The van der Waals surface area contributed by atoms with Crippen molar-refractivity contribution in [2.45, 2.75) is 38.8 Å². The molecule has 3 rings (SSSR count). The van der Waals surface area contributed by atoms with Crippen molar-refractivity contribution in [3.8, 4) is 11.5 Å². The molecule has 2 N–H and O–H groups in total. The van der Waals surface area contributed by atoms with Crippen molar-refractivity contribution in [2.75, 3.05) is 53.0 Å². The smallest absolute Gasteiger partial charge is 0.193 e. The molecule has 7 heteroatoms. The molecular weight excluding hydrogens is 356 g/mol. The number of nitrogens with one attached hydrogen (secondary N) is 1. The maximum absolute atomic E-state index is 9.60.